The number of nitrogens with zero attached hydrogens (tertiary/aromatic N) is 4. The Morgan fingerprint density at radius 2 is 2.00 bits per heavy atom. The van der Waals surface area contributed by atoms with Gasteiger partial charge in [0, 0.05) is 13.1 Å². The van der Waals surface area contributed by atoms with Gasteiger partial charge in [0.2, 0.25) is 5.91 Å². The van der Waals surface area contributed by atoms with E-state index in [9.17, 15) is 9.59 Å². The van der Waals surface area contributed by atoms with Gasteiger partial charge in [-0.25, -0.2) is 9.48 Å². The molecular weight excluding hydrogens is 260 g/mol. The average Bonchev–Trinajstić information content (AvgIpc) is 2.82. The minimum Gasteiger partial charge on any atom is -0.476 e. The molecule has 1 saturated heterocycles. The quantitative estimate of drug-likeness (QED) is 0.881. The zero-order chi connectivity index (χ0) is 14.7. The van der Waals surface area contributed by atoms with Crippen LogP contribution in [0.3, 0.4) is 0 Å². The highest BCUT2D eigenvalue weighted by molar-refractivity contribution is 5.86. The molecule has 0 bridgehead atoms. The third-order valence-corrected chi connectivity index (χ3v) is 3.80. The number of carbonyl (C=O) groups excluding carboxylic acids is 1. The van der Waals surface area contributed by atoms with Crippen LogP contribution in [0.2, 0.25) is 0 Å². The van der Waals surface area contributed by atoms with Crippen LogP contribution in [0.1, 0.15) is 42.9 Å². The standard InChI is InChI=1S/C13H20N4O3/c1-3-10-12(13(19)20)14-15-17(10)8-11(18)16-6-4-9(2)5-7-16/h9H,3-8H2,1-2H3,(H,19,20). The second-order valence-electron chi connectivity index (χ2n) is 5.26. The van der Waals surface area contributed by atoms with Crippen LogP contribution >= 0.6 is 0 Å². The summed E-state index contributed by atoms with van der Waals surface area (Å²) >= 11 is 0. The minimum absolute atomic E-state index is 0.0200. The number of carboxylic acids is 1. The van der Waals surface area contributed by atoms with E-state index in [-0.39, 0.29) is 18.1 Å². The fourth-order valence-electron chi connectivity index (χ4n) is 2.46. The highest BCUT2D eigenvalue weighted by Crippen LogP contribution is 2.16. The van der Waals surface area contributed by atoms with E-state index in [2.05, 4.69) is 17.2 Å². The third kappa shape index (κ3) is 2.97. The molecular formula is C13H20N4O3. The number of hydrogen-bond acceptors (Lipinski definition) is 4. The normalized spacial score (nSPS) is 16.4. The van der Waals surface area contributed by atoms with Crippen LogP contribution in [0.5, 0.6) is 0 Å². The van der Waals surface area contributed by atoms with E-state index in [1.54, 1.807) is 0 Å². The van der Waals surface area contributed by atoms with Crippen molar-refractivity contribution in [3.63, 3.8) is 0 Å². The van der Waals surface area contributed by atoms with E-state index in [1.165, 1.54) is 4.68 Å². The Bertz CT molecular complexity index is 504. The molecule has 0 aromatic carbocycles. The largest absolute Gasteiger partial charge is 0.476 e. The predicted molar refractivity (Wildman–Crippen MR) is 71.3 cm³/mol. The SMILES string of the molecule is CCc1c(C(=O)O)nnn1CC(=O)N1CCC(C)CC1. The maximum atomic E-state index is 12.2. The molecule has 1 aromatic rings. The molecule has 2 heterocycles. The molecule has 0 aliphatic carbocycles. The lowest BCUT2D eigenvalue weighted by atomic mass is 9.99. The van der Waals surface area contributed by atoms with Crippen LogP contribution in [0.25, 0.3) is 0 Å². The number of rotatable bonds is 4. The van der Waals surface area contributed by atoms with Gasteiger partial charge >= 0.3 is 5.97 Å². The molecule has 7 nitrogen and oxygen atoms in total. The summed E-state index contributed by atoms with van der Waals surface area (Å²) in [5.41, 5.74) is 0.434. The fraction of sp³-hybridized carbons (Fsp3) is 0.692. The summed E-state index contributed by atoms with van der Waals surface area (Å²) in [6.45, 7) is 5.62. The van der Waals surface area contributed by atoms with Gasteiger partial charge in [-0.05, 0) is 25.2 Å². The molecule has 1 aromatic heterocycles. The van der Waals surface area contributed by atoms with Gasteiger partial charge in [-0.3, -0.25) is 4.79 Å². The smallest absolute Gasteiger partial charge is 0.358 e. The summed E-state index contributed by atoms with van der Waals surface area (Å²) in [7, 11) is 0. The van der Waals surface area contributed by atoms with E-state index >= 15 is 0 Å². The van der Waals surface area contributed by atoms with Gasteiger partial charge in [0.15, 0.2) is 5.69 Å². The van der Waals surface area contributed by atoms with Crippen molar-refractivity contribution in [1.82, 2.24) is 19.9 Å². The molecule has 0 radical (unpaired) electrons. The van der Waals surface area contributed by atoms with Crippen LogP contribution in [-0.4, -0.2) is 50.0 Å². The summed E-state index contributed by atoms with van der Waals surface area (Å²) < 4.78 is 1.41. The second-order valence-corrected chi connectivity index (χ2v) is 5.26. The number of carbonyl (C=O) groups is 2. The van der Waals surface area contributed by atoms with Crippen LogP contribution in [0.4, 0.5) is 0 Å². The summed E-state index contributed by atoms with van der Waals surface area (Å²) in [4.78, 5) is 25.0. The Balaban J connectivity index is 2.06. The summed E-state index contributed by atoms with van der Waals surface area (Å²) in [5.74, 6) is -0.462. The van der Waals surface area contributed by atoms with E-state index < -0.39 is 5.97 Å². The number of aromatic carboxylic acids is 1. The number of hydrogen-bond donors (Lipinski definition) is 1. The van der Waals surface area contributed by atoms with Crippen molar-refractivity contribution in [2.75, 3.05) is 13.1 Å². The van der Waals surface area contributed by atoms with Gasteiger partial charge in [-0.2, -0.15) is 0 Å². The van der Waals surface area contributed by atoms with Crippen LogP contribution in [0, 0.1) is 5.92 Å². The monoisotopic (exact) mass is 280 g/mol. The first-order valence-electron chi connectivity index (χ1n) is 6.96. The summed E-state index contributed by atoms with van der Waals surface area (Å²) in [5, 5.41) is 16.4. The molecule has 0 saturated carbocycles. The van der Waals surface area contributed by atoms with Crippen LogP contribution in [0.15, 0.2) is 0 Å². The van der Waals surface area contributed by atoms with Gasteiger partial charge in [0.1, 0.15) is 6.54 Å². The number of amides is 1. The maximum Gasteiger partial charge on any atom is 0.358 e. The molecule has 1 amide bonds. The molecule has 1 N–H and O–H groups in total. The first-order chi connectivity index (χ1) is 9.52. The van der Waals surface area contributed by atoms with Gasteiger partial charge < -0.3 is 10.0 Å². The number of carboxylic acid groups (broad SMARTS) is 1. The van der Waals surface area contributed by atoms with E-state index in [0.717, 1.165) is 25.9 Å². The Labute approximate surface area is 117 Å². The Morgan fingerprint density at radius 3 is 2.55 bits per heavy atom. The molecule has 0 spiro atoms. The van der Waals surface area contributed by atoms with E-state index in [1.807, 2.05) is 11.8 Å². The van der Waals surface area contributed by atoms with Gasteiger partial charge in [-0.1, -0.05) is 19.1 Å². The van der Waals surface area contributed by atoms with Crippen LogP contribution in [-0.2, 0) is 17.8 Å². The van der Waals surface area contributed by atoms with Gasteiger partial charge in [0.25, 0.3) is 0 Å². The number of likely N-dealkylation sites (tertiary alicyclic amines) is 1. The molecule has 0 atom stereocenters. The van der Waals surface area contributed by atoms with Crippen molar-refractivity contribution in [2.24, 2.45) is 5.92 Å². The lowest BCUT2D eigenvalue weighted by molar-refractivity contribution is -0.133. The van der Waals surface area contributed by atoms with Crippen molar-refractivity contribution in [2.45, 2.75) is 39.7 Å². The highest BCUT2D eigenvalue weighted by Gasteiger charge is 2.23. The molecule has 20 heavy (non-hydrogen) atoms. The predicted octanol–water partition coefficient (Wildman–Crippen LogP) is 0.797. The van der Waals surface area contributed by atoms with Crippen molar-refractivity contribution >= 4 is 11.9 Å². The first-order valence-corrected chi connectivity index (χ1v) is 6.96. The maximum absolute atomic E-state index is 12.2. The van der Waals surface area contributed by atoms with Crippen molar-refractivity contribution in [3.05, 3.63) is 11.4 Å². The lowest BCUT2D eigenvalue weighted by Crippen LogP contribution is -2.40. The number of aromatic nitrogens is 3. The second kappa shape index (κ2) is 6.02. The van der Waals surface area contributed by atoms with Gasteiger partial charge in [0.05, 0.1) is 5.69 Å². The molecule has 110 valence electrons. The van der Waals surface area contributed by atoms with Crippen molar-refractivity contribution < 1.29 is 14.7 Å². The topological polar surface area (TPSA) is 88.3 Å². The molecule has 7 heteroatoms. The fourth-order valence-corrected chi connectivity index (χ4v) is 2.46. The van der Waals surface area contributed by atoms with Crippen molar-refractivity contribution in [1.29, 1.82) is 0 Å². The van der Waals surface area contributed by atoms with Crippen LogP contribution < -0.4 is 0 Å². The van der Waals surface area contributed by atoms with Gasteiger partial charge in [-0.15, -0.1) is 5.10 Å². The summed E-state index contributed by atoms with van der Waals surface area (Å²) in [6, 6.07) is 0. The highest BCUT2D eigenvalue weighted by atomic mass is 16.4. The Hall–Kier alpha value is -1.92. The number of piperidine rings is 1. The Kier molecular flexibility index (Phi) is 4.36. The Morgan fingerprint density at radius 1 is 1.35 bits per heavy atom. The molecule has 0 unspecified atom stereocenters. The van der Waals surface area contributed by atoms with Crippen molar-refractivity contribution in [3.8, 4) is 0 Å². The molecule has 1 fully saturated rings. The average molecular weight is 280 g/mol. The van der Waals surface area contributed by atoms with E-state index in [4.69, 9.17) is 5.11 Å². The zero-order valence-electron chi connectivity index (χ0n) is 11.9. The molecule has 2 rings (SSSR count). The summed E-state index contributed by atoms with van der Waals surface area (Å²) in [6.07, 6.45) is 2.52. The lowest BCUT2D eigenvalue weighted by Gasteiger charge is -2.30. The van der Waals surface area contributed by atoms with E-state index in [0.29, 0.717) is 18.0 Å². The zero-order valence-corrected chi connectivity index (χ0v) is 11.9. The molecule has 1 aliphatic rings. The first kappa shape index (κ1) is 14.5. The minimum atomic E-state index is -1.10. The third-order valence-electron chi connectivity index (χ3n) is 3.80. The molecule has 1 aliphatic heterocycles.